The third-order valence-electron chi connectivity index (χ3n) is 9.06. The fourth-order valence-electron chi connectivity index (χ4n) is 6.71. The number of nitrogens with zero attached hydrogens (tertiary/aromatic N) is 6. The van der Waals surface area contributed by atoms with Gasteiger partial charge >= 0.3 is 0 Å². The molecule has 2 fully saturated rings. The Bertz CT molecular complexity index is 2070. The van der Waals surface area contributed by atoms with Crippen molar-refractivity contribution in [2.45, 2.75) is 31.7 Å². The van der Waals surface area contributed by atoms with Crippen molar-refractivity contribution in [2.75, 3.05) is 39.3 Å². The van der Waals surface area contributed by atoms with Gasteiger partial charge < -0.3 is 9.72 Å². The van der Waals surface area contributed by atoms with Gasteiger partial charge in [-0.2, -0.15) is 5.10 Å². The maximum absolute atomic E-state index is 14.8. The zero-order valence-corrected chi connectivity index (χ0v) is 25.6. The predicted octanol–water partition coefficient (Wildman–Crippen LogP) is 6.68. The van der Waals surface area contributed by atoms with E-state index in [2.05, 4.69) is 35.0 Å². The van der Waals surface area contributed by atoms with Crippen molar-refractivity contribution >= 4 is 21.9 Å². The molecule has 1 aromatic carbocycles. The molecule has 6 aromatic rings. The standard InChI is InChI=1S/C35H33F3N8O/c36-26-10-23(11-27(13-26)47-8-7-45-4-1-2-5-45)30-18-40-19-32-28(30)14-31(42-32)33-29-12-25(17-41-34(29)44-43-33)24-9-22(15-39-16-24)20-46-6-3-35(37,38)21-46/h9-19,42H,1-8,20-21H2,(H,41,43,44). The molecule has 0 saturated carbocycles. The summed E-state index contributed by atoms with van der Waals surface area (Å²) in [5.74, 6) is -2.53. The molecular weight excluding hydrogens is 605 g/mol. The molecule has 2 aliphatic rings. The van der Waals surface area contributed by atoms with Crippen LogP contribution in [-0.4, -0.2) is 85.2 Å². The number of ether oxygens (including phenoxy) is 1. The van der Waals surface area contributed by atoms with E-state index >= 15 is 0 Å². The molecular formula is C35H33F3N8O. The minimum absolute atomic E-state index is 0.119. The van der Waals surface area contributed by atoms with Gasteiger partial charge in [-0.1, -0.05) is 0 Å². The summed E-state index contributed by atoms with van der Waals surface area (Å²) in [6.07, 6.45) is 11.0. The van der Waals surface area contributed by atoms with Gasteiger partial charge in [-0.05, 0) is 67.4 Å². The Labute approximate surface area is 268 Å². The summed E-state index contributed by atoms with van der Waals surface area (Å²) in [4.78, 5) is 21.0. The number of H-pyrrole nitrogens is 2. The quantitative estimate of drug-likeness (QED) is 0.182. The Balaban J connectivity index is 1.08. The average molecular weight is 639 g/mol. The molecule has 0 radical (unpaired) electrons. The first kappa shape index (κ1) is 29.6. The summed E-state index contributed by atoms with van der Waals surface area (Å²) in [5.41, 5.74) is 6.79. The van der Waals surface area contributed by atoms with Crippen LogP contribution in [0, 0.1) is 5.82 Å². The van der Waals surface area contributed by atoms with Gasteiger partial charge in [0.15, 0.2) is 5.65 Å². The van der Waals surface area contributed by atoms with Crippen LogP contribution in [0.1, 0.15) is 24.8 Å². The molecule has 12 heteroatoms. The van der Waals surface area contributed by atoms with Crippen LogP contribution in [-0.2, 0) is 6.54 Å². The highest BCUT2D eigenvalue weighted by Crippen LogP contribution is 2.36. The van der Waals surface area contributed by atoms with Crippen molar-refractivity contribution in [1.29, 1.82) is 0 Å². The third-order valence-corrected chi connectivity index (χ3v) is 9.06. The number of hydrogen-bond acceptors (Lipinski definition) is 7. The molecule has 7 heterocycles. The van der Waals surface area contributed by atoms with Crippen LogP contribution < -0.4 is 4.74 Å². The summed E-state index contributed by atoms with van der Waals surface area (Å²) in [5, 5.41) is 9.26. The minimum Gasteiger partial charge on any atom is -0.492 e. The van der Waals surface area contributed by atoms with Gasteiger partial charge in [0.2, 0.25) is 0 Å². The van der Waals surface area contributed by atoms with Crippen molar-refractivity contribution in [2.24, 2.45) is 0 Å². The maximum atomic E-state index is 14.8. The maximum Gasteiger partial charge on any atom is 0.261 e. The SMILES string of the molecule is Fc1cc(OCCN2CCCC2)cc(-c2cncc3[nH]c(-c4n[nH]c5ncc(-c6cncc(CN7CCC(F)(F)C7)c6)cc45)cc23)c1. The van der Waals surface area contributed by atoms with Crippen LogP contribution in [0.5, 0.6) is 5.75 Å². The summed E-state index contributed by atoms with van der Waals surface area (Å²) in [6.45, 7) is 4.01. The zero-order valence-electron chi connectivity index (χ0n) is 25.6. The lowest BCUT2D eigenvalue weighted by atomic mass is 10.0. The summed E-state index contributed by atoms with van der Waals surface area (Å²) >= 11 is 0. The number of hydrogen-bond donors (Lipinski definition) is 2. The molecule has 9 nitrogen and oxygen atoms in total. The van der Waals surface area contributed by atoms with Crippen LogP contribution in [0.15, 0.2) is 67.4 Å². The fourth-order valence-corrected chi connectivity index (χ4v) is 6.71. The van der Waals surface area contributed by atoms with E-state index in [1.807, 2.05) is 24.3 Å². The van der Waals surface area contributed by atoms with Gasteiger partial charge in [-0.3, -0.25) is 24.9 Å². The monoisotopic (exact) mass is 638 g/mol. The first-order valence-electron chi connectivity index (χ1n) is 15.9. The normalized spacial score (nSPS) is 16.9. The van der Waals surface area contributed by atoms with Crippen LogP contribution >= 0.6 is 0 Å². The fraction of sp³-hybridized carbons (Fsp3) is 0.314. The number of alkyl halides is 2. The van der Waals surface area contributed by atoms with E-state index in [1.54, 1.807) is 35.9 Å². The van der Waals surface area contributed by atoms with E-state index in [9.17, 15) is 13.2 Å². The highest BCUT2D eigenvalue weighted by atomic mass is 19.3. The minimum atomic E-state index is -2.64. The number of aromatic nitrogens is 6. The third kappa shape index (κ3) is 6.18. The number of halogens is 3. The lowest BCUT2D eigenvalue weighted by Crippen LogP contribution is -2.25. The highest BCUT2D eigenvalue weighted by Gasteiger charge is 2.38. The molecule has 0 bridgehead atoms. The Morgan fingerprint density at radius 2 is 1.68 bits per heavy atom. The Morgan fingerprint density at radius 3 is 2.53 bits per heavy atom. The molecule has 2 N–H and O–H groups in total. The van der Waals surface area contributed by atoms with Crippen LogP contribution in [0.2, 0.25) is 0 Å². The highest BCUT2D eigenvalue weighted by molar-refractivity contribution is 6.00. The van der Waals surface area contributed by atoms with Crippen molar-refractivity contribution in [3.63, 3.8) is 0 Å². The largest absolute Gasteiger partial charge is 0.492 e. The molecule has 2 saturated heterocycles. The second-order valence-electron chi connectivity index (χ2n) is 12.5. The molecule has 0 amide bonds. The molecule has 0 aliphatic carbocycles. The average Bonchev–Trinajstić information content (AvgIpc) is 3.87. The van der Waals surface area contributed by atoms with Crippen molar-refractivity contribution in [3.8, 4) is 39.4 Å². The van der Waals surface area contributed by atoms with Crippen LogP contribution in [0.3, 0.4) is 0 Å². The Morgan fingerprint density at radius 1 is 0.830 bits per heavy atom. The first-order valence-corrected chi connectivity index (χ1v) is 15.9. The van der Waals surface area contributed by atoms with Gasteiger partial charge in [0.05, 0.1) is 24.0 Å². The molecule has 0 unspecified atom stereocenters. The van der Waals surface area contributed by atoms with Crippen LogP contribution in [0.4, 0.5) is 13.2 Å². The van der Waals surface area contributed by atoms with E-state index in [4.69, 9.17) is 4.74 Å². The van der Waals surface area contributed by atoms with E-state index in [-0.39, 0.29) is 18.8 Å². The van der Waals surface area contributed by atoms with Gasteiger partial charge in [-0.25, -0.2) is 18.2 Å². The summed E-state index contributed by atoms with van der Waals surface area (Å²) in [7, 11) is 0. The van der Waals surface area contributed by atoms with Gasteiger partial charge in [0.1, 0.15) is 23.9 Å². The number of nitrogens with one attached hydrogen (secondary N) is 2. The molecule has 240 valence electrons. The molecule has 47 heavy (non-hydrogen) atoms. The second-order valence-corrected chi connectivity index (χ2v) is 12.5. The molecule has 8 rings (SSSR count). The molecule has 2 aliphatic heterocycles. The number of likely N-dealkylation sites (tertiary alicyclic amines) is 2. The number of rotatable bonds is 9. The van der Waals surface area contributed by atoms with Crippen molar-refractivity contribution in [3.05, 3.63) is 78.8 Å². The van der Waals surface area contributed by atoms with E-state index in [0.29, 0.717) is 42.4 Å². The lowest BCUT2D eigenvalue weighted by Gasteiger charge is -2.15. The van der Waals surface area contributed by atoms with E-state index in [0.717, 1.165) is 63.9 Å². The summed E-state index contributed by atoms with van der Waals surface area (Å²) < 4.78 is 48.2. The van der Waals surface area contributed by atoms with E-state index < -0.39 is 5.92 Å². The van der Waals surface area contributed by atoms with Crippen molar-refractivity contribution in [1.82, 2.24) is 39.9 Å². The first-order chi connectivity index (χ1) is 22.9. The van der Waals surface area contributed by atoms with Gasteiger partial charge in [-0.15, -0.1) is 0 Å². The number of pyridine rings is 3. The molecule has 0 spiro atoms. The molecule has 5 aromatic heterocycles. The van der Waals surface area contributed by atoms with Gasteiger partial charge in [0, 0.05) is 84.4 Å². The van der Waals surface area contributed by atoms with Gasteiger partial charge in [0.25, 0.3) is 5.92 Å². The number of benzene rings is 1. The predicted molar refractivity (Wildman–Crippen MR) is 174 cm³/mol. The smallest absolute Gasteiger partial charge is 0.261 e. The number of fused-ring (bicyclic) bond motifs is 2. The number of aromatic amines is 2. The van der Waals surface area contributed by atoms with E-state index in [1.165, 1.54) is 25.0 Å². The molecule has 0 atom stereocenters. The zero-order chi connectivity index (χ0) is 32.0. The second kappa shape index (κ2) is 12.1. The van der Waals surface area contributed by atoms with Crippen molar-refractivity contribution < 1.29 is 17.9 Å². The lowest BCUT2D eigenvalue weighted by molar-refractivity contribution is 0.0115. The van der Waals surface area contributed by atoms with Crippen LogP contribution in [0.25, 0.3) is 55.6 Å². The Kier molecular flexibility index (Phi) is 7.61. The topological polar surface area (TPSA) is 98.8 Å². The summed E-state index contributed by atoms with van der Waals surface area (Å²) in [6, 6.07) is 10.7. The Hall–Kier alpha value is -4.81.